The van der Waals surface area contributed by atoms with E-state index in [9.17, 15) is 0 Å². The van der Waals surface area contributed by atoms with Gasteiger partial charge in [0.25, 0.3) is 0 Å². The summed E-state index contributed by atoms with van der Waals surface area (Å²) in [6.07, 6.45) is 1.14. The number of hydrogen-bond donors (Lipinski definition) is 1. The molecular weight excluding hydrogens is 170 g/mol. The van der Waals surface area contributed by atoms with Crippen LogP contribution in [0.25, 0.3) is 0 Å². The van der Waals surface area contributed by atoms with Gasteiger partial charge < -0.3 is 5.73 Å². The molecule has 0 heterocycles. The predicted octanol–water partition coefficient (Wildman–Crippen LogP) is 2.31. The summed E-state index contributed by atoms with van der Waals surface area (Å²) in [6.45, 7) is 2.12. The molecule has 1 aromatic carbocycles. The van der Waals surface area contributed by atoms with Crippen molar-refractivity contribution in [2.45, 2.75) is 24.8 Å². The molecule has 1 nitrogen and oxygen atoms in total. The molecule has 12 heavy (non-hydrogen) atoms. The van der Waals surface area contributed by atoms with Gasteiger partial charge in [0.05, 0.1) is 0 Å². The molecule has 1 aliphatic carbocycles. The Morgan fingerprint density at radius 3 is 2.25 bits per heavy atom. The van der Waals surface area contributed by atoms with Gasteiger partial charge in [-0.2, -0.15) is 0 Å². The fourth-order valence-electron chi connectivity index (χ4n) is 1.56. The van der Waals surface area contributed by atoms with Crippen LogP contribution in [0.4, 0.5) is 0 Å². The minimum absolute atomic E-state index is 0. The first-order chi connectivity index (χ1) is 5.20. The van der Waals surface area contributed by atoms with E-state index in [0.717, 1.165) is 6.42 Å². The number of benzene rings is 1. The minimum atomic E-state index is 0. The largest absolute Gasteiger partial charge is 0.325 e. The molecule has 2 heteroatoms. The summed E-state index contributed by atoms with van der Waals surface area (Å²) in [6, 6.07) is 10.5. The molecule has 0 aromatic heterocycles. The molecular formula is C10H14ClN. The van der Waals surface area contributed by atoms with Crippen LogP contribution in [0.5, 0.6) is 0 Å². The van der Waals surface area contributed by atoms with Crippen LogP contribution in [0.15, 0.2) is 30.3 Å². The maximum atomic E-state index is 5.94. The van der Waals surface area contributed by atoms with Gasteiger partial charge in [0, 0.05) is 11.5 Å². The lowest BCUT2D eigenvalue weighted by molar-refractivity contribution is 0.728. The number of hydrogen-bond acceptors (Lipinski definition) is 1. The smallest absolute Gasteiger partial charge is 0.0202 e. The highest BCUT2D eigenvalue weighted by molar-refractivity contribution is 5.85. The van der Waals surface area contributed by atoms with Gasteiger partial charge in [0.1, 0.15) is 0 Å². The van der Waals surface area contributed by atoms with Crippen LogP contribution in [-0.2, 0) is 0 Å². The van der Waals surface area contributed by atoms with Crippen LogP contribution in [-0.4, -0.2) is 5.54 Å². The minimum Gasteiger partial charge on any atom is -0.325 e. The summed E-state index contributed by atoms with van der Waals surface area (Å²) >= 11 is 0. The number of nitrogens with two attached hydrogens (primary N) is 1. The Balaban J connectivity index is 0.000000720. The lowest BCUT2D eigenvalue weighted by Gasteiger charge is -2.02. The van der Waals surface area contributed by atoms with E-state index < -0.39 is 0 Å². The third kappa shape index (κ3) is 1.62. The summed E-state index contributed by atoms with van der Waals surface area (Å²) in [5, 5.41) is 0. The van der Waals surface area contributed by atoms with Crippen molar-refractivity contribution < 1.29 is 0 Å². The van der Waals surface area contributed by atoms with Crippen LogP contribution in [0.3, 0.4) is 0 Å². The van der Waals surface area contributed by atoms with Gasteiger partial charge in [-0.05, 0) is 18.9 Å². The maximum Gasteiger partial charge on any atom is 0.0202 e. The van der Waals surface area contributed by atoms with Crippen LogP contribution < -0.4 is 5.73 Å². The van der Waals surface area contributed by atoms with Crippen molar-refractivity contribution in [2.24, 2.45) is 5.73 Å². The Hall–Kier alpha value is -0.530. The Morgan fingerprint density at radius 1 is 1.33 bits per heavy atom. The van der Waals surface area contributed by atoms with Gasteiger partial charge in [0.2, 0.25) is 0 Å². The molecule has 0 amide bonds. The average molecular weight is 184 g/mol. The molecule has 0 bridgehead atoms. The molecule has 1 fully saturated rings. The first-order valence-corrected chi connectivity index (χ1v) is 4.04. The van der Waals surface area contributed by atoms with Gasteiger partial charge in [-0.1, -0.05) is 30.3 Å². The monoisotopic (exact) mass is 183 g/mol. The second-order valence-electron chi connectivity index (χ2n) is 3.67. The molecule has 2 atom stereocenters. The fourth-order valence-corrected chi connectivity index (χ4v) is 1.56. The quantitative estimate of drug-likeness (QED) is 0.711. The summed E-state index contributed by atoms with van der Waals surface area (Å²) in [5.74, 6) is 0.601. The van der Waals surface area contributed by atoms with Gasteiger partial charge >= 0.3 is 0 Å². The highest BCUT2D eigenvalue weighted by Crippen LogP contribution is 2.48. The Bertz CT molecular complexity index is 256. The van der Waals surface area contributed by atoms with E-state index in [1.165, 1.54) is 5.56 Å². The van der Waals surface area contributed by atoms with Gasteiger partial charge in [0.15, 0.2) is 0 Å². The fraction of sp³-hybridized carbons (Fsp3) is 0.400. The van der Waals surface area contributed by atoms with Crippen molar-refractivity contribution in [3.05, 3.63) is 35.9 Å². The van der Waals surface area contributed by atoms with Gasteiger partial charge in [-0.25, -0.2) is 0 Å². The summed E-state index contributed by atoms with van der Waals surface area (Å²) in [4.78, 5) is 0. The molecule has 1 aromatic rings. The molecule has 0 aliphatic heterocycles. The molecule has 0 saturated heterocycles. The second-order valence-corrected chi connectivity index (χ2v) is 3.67. The zero-order chi connectivity index (χ0) is 7.90. The van der Waals surface area contributed by atoms with Gasteiger partial charge in [-0.3, -0.25) is 0 Å². The first-order valence-electron chi connectivity index (χ1n) is 4.04. The zero-order valence-corrected chi connectivity index (χ0v) is 7.97. The van der Waals surface area contributed by atoms with Crippen molar-refractivity contribution in [3.63, 3.8) is 0 Å². The van der Waals surface area contributed by atoms with E-state index in [1.807, 2.05) is 6.07 Å². The summed E-state index contributed by atoms with van der Waals surface area (Å²) in [5.41, 5.74) is 7.40. The molecule has 1 saturated carbocycles. The van der Waals surface area contributed by atoms with E-state index in [-0.39, 0.29) is 17.9 Å². The normalized spacial score (nSPS) is 32.3. The van der Waals surface area contributed by atoms with E-state index >= 15 is 0 Å². The van der Waals surface area contributed by atoms with Crippen LogP contribution >= 0.6 is 12.4 Å². The Morgan fingerprint density at radius 2 is 1.83 bits per heavy atom. The van der Waals surface area contributed by atoms with Crippen molar-refractivity contribution in [2.75, 3.05) is 0 Å². The second kappa shape index (κ2) is 3.08. The van der Waals surface area contributed by atoms with Gasteiger partial charge in [-0.15, -0.1) is 12.4 Å². The van der Waals surface area contributed by atoms with E-state index in [0.29, 0.717) is 5.92 Å². The highest BCUT2D eigenvalue weighted by atomic mass is 35.5. The third-order valence-corrected chi connectivity index (χ3v) is 2.48. The molecule has 0 spiro atoms. The number of rotatable bonds is 1. The van der Waals surface area contributed by atoms with E-state index in [4.69, 9.17) is 5.73 Å². The topological polar surface area (TPSA) is 26.0 Å². The van der Waals surface area contributed by atoms with E-state index in [1.54, 1.807) is 0 Å². The number of halogens is 1. The Labute approximate surface area is 79.4 Å². The zero-order valence-electron chi connectivity index (χ0n) is 7.16. The first kappa shape index (κ1) is 9.56. The van der Waals surface area contributed by atoms with Crippen molar-refractivity contribution >= 4 is 12.4 Å². The molecule has 2 rings (SSSR count). The van der Waals surface area contributed by atoms with Crippen LogP contribution in [0.2, 0.25) is 0 Å². The van der Waals surface area contributed by atoms with Crippen molar-refractivity contribution in [3.8, 4) is 0 Å². The lowest BCUT2D eigenvalue weighted by atomic mass is 10.1. The standard InChI is InChI=1S/C10H13N.ClH/c1-10(11)7-9(10)8-5-3-2-4-6-8;/h2-6,9H,7,11H2,1H3;1H. The summed E-state index contributed by atoms with van der Waals surface area (Å²) < 4.78 is 0. The SMILES string of the molecule is CC1(N)CC1c1ccccc1.Cl. The molecule has 1 aliphatic rings. The highest BCUT2D eigenvalue weighted by Gasteiger charge is 2.47. The maximum absolute atomic E-state index is 5.94. The molecule has 2 unspecified atom stereocenters. The third-order valence-electron chi connectivity index (χ3n) is 2.48. The summed E-state index contributed by atoms with van der Waals surface area (Å²) in [7, 11) is 0. The van der Waals surface area contributed by atoms with Crippen molar-refractivity contribution in [1.82, 2.24) is 0 Å². The predicted molar refractivity (Wildman–Crippen MR) is 53.6 cm³/mol. The van der Waals surface area contributed by atoms with E-state index in [2.05, 4.69) is 31.2 Å². The molecule has 2 N–H and O–H groups in total. The van der Waals surface area contributed by atoms with Crippen molar-refractivity contribution in [1.29, 1.82) is 0 Å². The lowest BCUT2D eigenvalue weighted by Crippen LogP contribution is -2.18. The molecule has 66 valence electrons. The van der Waals surface area contributed by atoms with Crippen LogP contribution in [0, 0.1) is 0 Å². The Kier molecular flexibility index (Phi) is 2.45. The average Bonchev–Trinajstić information content (AvgIpc) is 2.62. The molecule has 0 radical (unpaired) electrons. The van der Waals surface area contributed by atoms with Crippen LogP contribution in [0.1, 0.15) is 24.8 Å².